The minimum atomic E-state index is -0.227. The molecule has 1 rings (SSSR count). The van der Waals surface area contributed by atoms with Gasteiger partial charge in [0.05, 0.1) is 12.2 Å². The fraction of sp³-hybridized carbons (Fsp3) is 0.571. The van der Waals surface area contributed by atoms with Gasteiger partial charge < -0.3 is 10.2 Å². The maximum Gasteiger partial charge on any atom is 0.0515 e. The van der Waals surface area contributed by atoms with Crippen LogP contribution in [-0.2, 0) is 12.8 Å². The summed E-state index contributed by atoms with van der Waals surface area (Å²) in [6.45, 7) is 3.63. The lowest BCUT2D eigenvalue weighted by Gasteiger charge is -2.07. The Morgan fingerprint density at radius 2 is 1.12 bits per heavy atom. The highest BCUT2D eigenvalue weighted by atomic mass is 16.3. The Labute approximate surface area is 97.9 Å². The first-order chi connectivity index (χ1) is 7.58. The SMILES string of the molecule is C[C@H](O)CCc1ccc(CC[C@@H](C)O)cc1. The van der Waals surface area contributed by atoms with Gasteiger partial charge in [0, 0.05) is 0 Å². The number of hydrogen-bond donors (Lipinski definition) is 2. The van der Waals surface area contributed by atoms with E-state index in [1.54, 1.807) is 0 Å². The molecular formula is C14H22O2. The summed E-state index contributed by atoms with van der Waals surface area (Å²) < 4.78 is 0. The van der Waals surface area contributed by atoms with Crippen molar-refractivity contribution in [3.63, 3.8) is 0 Å². The van der Waals surface area contributed by atoms with Gasteiger partial charge in [0.15, 0.2) is 0 Å². The second-order valence-electron chi connectivity index (χ2n) is 4.59. The number of rotatable bonds is 6. The highest BCUT2D eigenvalue weighted by Crippen LogP contribution is 2.10. The Morgan fingerprint density at radius 3 is 1.38 bits per heavy atom. The van der Waals surface area contributed by atoms with Crippen molar-refractivity contribution in [2.75, 3.05) is 0 Å². The van der Waals surface area contributed by atoms with Crippen LogP contribution in [0.3, 0.4) is 0 Å². The standard InChI is InChI=1S/C14H22O2/c1-11(15)3-5-13-7-9-14(10-8-13)6-4-12(2)16/h7-12,15-16H,3-6H2,1-2H3/t11-,12+. The summed E-state index contributed by atoms with van der Waals surface area (Å²) in [6.07, 6.45) is 3.02. The molecule has 0 amide bonds. The minimum Gasteiger partial charge on any atom is -0.393 e. The van der Waals surface area contributed by atoms with Crippen LogP contribution >= 0.6 is 0 Å². The molecule has 0 unspecified atom stereocenters. The number of aliphatic hydroxyl groups is 2. The maximum absolute atomic E-state index is 9.19. The molecule has 0 radical (unpaired) electrons. The molecule has 0 fully saturated rings. The first kappa shape index (κ1) is 13.2. The van der Waals surface area contributed by atoms with Crippen LogP contribution in [0.4, 0.5) is 0 Å². The van der Waals surface area contributed by atoms with Gasteiger partial charge in [-0.2, -0.15) is 0 Å². The van der Waals surface area contributed by atoms with Gasteiger partial charge in [0.25, 0.3) is 0 Å². The molecule has 0 bridgehead atoms. The molecule has 2 N–H and O–H groups in total. The molecule has 16 heavy (non-hydrogen) atoms. The van der Waals surface area contributed by atoms with E-state index < -0.39 is 0 Å². The van der Waals surface area contributed by atoms with Crippen molar-refractivity contribution in [3.05, 3.63) is 35.4 Å². The minimum absolute atomic E-state index is 0.227. The molecule has 1 aromatic carbocycles. The summed E-state index contributed by atoms with van der Waals surface area (Å²) in [5.41, 5.74) is 2.53. The summed E-state index contributed by atoms with van der Waals surface area (Å²) in [6, 6.07) is 8.44. The Kier molecular flexibility index (Phi) is 5.50. The van der Waals surface area contributed by atoms with E-state index >= 15 is 0 Å². The quantitative estimate of drug-likeness (QED) is 0.775. The van der Waals surface area contributed by atoms with Crippen LogP contribution in [0.15, 0.2) is 24.3 Å². The van der Waals surface area contributed by atoms with Crippen molar-refractivity contribution >= 4 is 0 Å². The van der Waals surface area contributed by atoms with Gasteiger partial charge in [-0.1, -0.05) is 24.3 Å². The molecular weight excluding hydrogens is 200 g/mol. The third-order valence-electron chi connectivity index (χ3n) is 2.72. The average Bonchev–Trinajstić information content (AvgIpc) is 2.25. The van der Waals surface area contributed by atoms with E-state index in [2.05, 4.69) is 24.3 Å². The normalized spacial score (nSPS) is 14.8. The molecule has 0 aliphatic heterocycles. The monoisotopic (exact) mass is 222 g/mol. The van der Waals surface area contributed by atoms with E-state index in [-0.39, 0.29) is 12.2 Å². The predicted molar refractivity (Wildman–Crippen MR) is 66.4 cm³/mol. The molecule has 0 saturated carbocycles. The summed E-state index contributed by atoms with van der Waals surface area (Å²) in [7, 11) is 0. The summed E-state index contributed by atoms with van der Waals surface area (Å²) in [5, 5.41) is 18.4. The van der Waals surface area contributed by atoms with E-state index in [1.165, 1.54) is 11.1 Å². The lowest BCUT2D eigenvalue weighted by Crippen LogP contribution is -2.02. The molecule has 2 heteroatoms. The number of aliphatic hydroxyl groups excluding tert-OH is 2. The topological polar surface area (TPSA) is 40.5 Å². The van der Waals surface area contributed by atoms with Gasteiger partial charge in [-0.25, -0.2) is 0 Å². The molecule has 1 aromatic rings. The Hall–Kier alpha value is -0.860. The highest BCUT2D eigenvalue weighted by Gasteiger charge is 2.00. The van der Waals surface area contributed by atoms with E-state index in [0.29, 0.717) is 0 Å². The van der Waals surface area contributed by atoms with Crippen molar-refractivity contribution in [1.82, 2.24) is 0 Å². The van der Waals surface area contributed by atoms with Crippen LogP contribution in [0.5, 0.6) is 0 Å². The van der Waals surface area contributed by atoms with E-state index in [0.717, 1.165) is 25.7 Å². The fourth-order valence-electron chi connectivity index (χ4n) is 1.62. The van der Waals surface area contributed by atoms with E-state index in [9.17, 15) is 10.2 Å². The Balaban J connectivity index is 2.41. The summed E-state index contributed by atoms with van der Waals surface area (Å²) in [5.74, 6) is 0. The smallest absolute Gasteiger partial charge is 0.0515 e. The van der Waals surface area contributed by atoms with Crippen LogP contribution in [0.1, 0.15) is 37.8 Å². The molecule has 90 valence electrons. The summed E-state index contributed by atoms with van der Waals surface area (Å²) >= 11 is 0. The van der Waals surface area contributed by atoms with Crippen LogP contribution in [0, 0.1) is 0 Å². The average molecular weight is 222 g/mol. The van der Waals surface area contributed by atoms with Crippen molar-refractivity contribution < 1.29 is 10.2 Å². The van der Waals surface area contributed by atoms with Crippen molar-refractivity contribution in [2.45, 2.75) is 51.7 Å². The first-order valence-corrected chi connectivity index (χ1v) is 6.02. The van der Waals surface area contributed by atoms with Crippen molar-refractivity contribution in [1.29, 1.82) is 0 Å². The zero-order valence-corrected chi connectivity index (χ0v) is 10.2. The third kappa shape index (κ3) is 5.29. The first-order valence-electron chi connectivity index (χ1n) is 6.02. The van der Waals surface area contributed by atoms with Crippen LogP contribution in [0.2, 0.25) is 0 Å². The molecule has 2 atom stereocenters. The van der Waals surface area contributed by atoms with E-state index in [1.807, 2.05) is 13.8 Å². The molecule has 0 spiro atoms. The molecule has 0 aliphatic carbocycles. The largest absolute Gasteiger partial charge is 0.393 e. The van der Waals surface area contributed by atoms with Gasteiger partial charge in [0.2, 0.25) is 0 Å². The summed E-state index contributed by atoms with van der Waals surface area (Å²) in [4.78, 5) is 0. The van der Waals surface area contributed by atoms with Gasteiger partial charge >= 0.3 is 0 Å². The van der Waals surface area contributed by atoms with Crippen molar-refractivity contribution in [3.8, 4) is 0 Å². The van der Waals surface area contributed by atoms with E-state index in [4.69, 9.17) is 0 Å². The number of hydrogen-bond acceptors (Lipinski definition) is 2. The molecule has 0 aliphatic rings. The van der Waals surface area contributed by atoms with Crippen LogP contribution in [0.25, 0.3) is 0 Å². The molecule has 2 nitrogen and oxygen atoms in total. The number of benzene rings is 1. The van der Waals surface area contributed by atoms with Gasteiger partial charge in [-0.05, 0) is 50.7 Å². The van der Waals surface area contributed by atoms with Gasteiger partial charge in [-0.15, -0.1) is 0 Å². The molecule has 0 heterocycles. The number of aryl methyl sites for hydroxylation is 2. The second kappa shape index (κ2) is 6.66. The Morgan fingerprint density at radius 1 is 0.812 bits per heavy atom. The van der Waals surface area contributed by atoms with Gasteiger partial charge in [0.1, 0.15) is 0 Å². The van der Waals surface area contributed by atoms with Gasteiger partial charge in [-0.3, -0.25) is 0 Å². The van der Waals surface area contributed by atoms with Crippen molar-refractivity contribution in [2.24, 2.45) is 0 Å². The lowest BCUT2D eigenvalue weighted by molar-refractivity contribution is 0.184. The second-order valence-corrected chi connectivity index (χ2v) is 4.59. The lowest BCUT2D eigenvalue weighted by atomic mass is 10.0. The zero-order chi connectivity index (χ0) is 12.0. The molecule has 0 aromatic heterocycles. The predicted octanol–water partition coefficient (Wildman–Crippen LogP) is 2.31. The van der Waals surface area contributed by atoms with Crippen LogP contribution < -0.4 is 0 Å². The maximum atomic E-state index is 9.19. The van der Waals surface area contributed by atoms with Crippen LogP contribution in [-0.4, -0.2) is 22.4 Å². The highest BCUT2D eigenvalue weighted by molar-refractivity contribution is 5.22. The fourth-order valence-corrected chi connectivity index (χ4v) is 1.62. The third-order valence-corrected chi connectivity index (χ3v) is 2.72. The Bertz CT molecular complexity index is 257. The molecule has 0 saturated heterocycles. The zero-order valence-electron chi connectivity index (χ0n) is 10.2.